The Kier molecular flexibility index (Phi) is 3.07. The summed E-state index contributed by atoms with van der Waals surface area (Å²) in [4.78, 5) is 11.2. The molecule has 1 aliphatic carbocycles. The van der Waals surface area contributed by atoms with Gasteiger partial charge in [0.1, 0.15) is 0 Å². The van der Waals surface area contributed by atoms with Crippen LogP contribution in [0.1, 0.15) is 40.0 Å². The standard InChI is InChI=1S/C12H18O/c1-4-11(13)8-10-6-5-7-12(2,3)9-10/h5-6,8H,4,7,9H2,1-3H3/b10-8+. The average molecular weight is 178 g/mol. The fourth-order valence-corrected chi connectivity index (χ4v) is 1.62. The van der Waals surface area contributed by atoms with Crippen LogP contribution in [-0.2, 0) is 4.79 Å². The number of rotatable bonds is 2. The number of ketones is 1. The molecular weight excluding hydrogens is 160 g/mol. The van der Waals surface area contributed by atoms with Crippen LogP contribution in [0.15, 0.2) is 23.8 Å². The van der Waals surface area contributed by atoms with Crippen LogP contribution < -0.4 is 0 Å². The van der Waals surface area contributed by atoms with Gasteiger partial charge in [0, 0.05) is 6.42 Å². The Balaban J connectivity index is 2.73. The largest absolute Gasteiger partial charge is 0.295 e. The van der Waals surface area contributed by atoms with Gasteiger partial charge in [0.2, 0.25) is 0 Å². The molecule has 1 aliphatic rings. The smallest absolute Gasteiger partial charge is 0.155 e. The summed E-state index contributed by atoms with van der Waals surface area (Å²) >= 11 is 0. The van der Waals surface area contributed by atoms with Crippen LogP contribution in [0.25, 0.3) is 0 Å². The van der Waals surface area contributed by atoms with Crippen LogP contribution in [0.2, 0.25) is 0 Å². The van der Waals surface area contributed by atoms with E-state index in [-0.39, 0.29) is 5.78 Å². The van der Waals surface area contributed by atoms with Gasteiger partial charge in [0.25, 0.3) is 0 Å². The number of carbonyl (C=O) groups excluding carboxylic acids is 1. The molecule has 0 saturated heterocycles. The van der Waals surface area contributed by atoms with Crippen molar-refractivity contribution in [2.75, 3.05) is 0 Å². The Bertz CT molecular complexity index is 256. The molecule has 0 N–H and O–H groups in total. The Hall–Kier alpha value is -0.850. The summed E-state index contributed by atoms with van der Waals surface area (Å²) in [5.74, 6) is 0.234. The minimum absolute atomic E-state index is 0.234. The van der Waals surface area contributed by atoms with Gasteiger partial charge in [0.05, 0.1) is 0 Å². The summed E-state index contributed by atoms with van der Waals surface area (Å²) < 4.78 is 0. The van der Waals surface area contributed by atoms with Crippen molar-refractivity contribution >= 4 is 5.78 Å². The number of hydrogen-bond acceptors (Lipinski definition) is 1. The summed E-state index contributed by atoms with van der Waals surface area (Å²) in [6, 6.07) is 0. The molecule has 0 saturated carbocycles. The fraction of sp³-hybridized carbons (Fsp3) is 0.583. The highest BCUT2D eigenvalue weighted by atomic mass is 16.1. The van der Waals surface area contributed by atoms with Crippen LogP contribution in [0.5, 0.6) is 0 Å². The molecule has 0 fully saturated rings. The second-order valence-corrected chi connectivity index (χ2v) is 4.49. The highest BCUT2D eigenvalue weighted by Gasteiger charge is 2.20. The maximum atomic E-state index is 11.2. The maximum Gasteiger partial charge on any atom is 0.155 e. The molecule has 0 aromatic heterocycles. The van der Waals surface area contributed by atoms with E-state index in [0.29, 0.717) is 11.8 Å². The second-order valence-electron chi connectivity index (χ2n) is 4.49. The lowest BCUT2D eigenvalue weighted by atomic mass is 9.78. The maximum absolute atomic E-state index is 11.2. The summed E-state index contributed by atoms with van der Waals surface area (Å²) in [6.07, 6.45) is 8.78. The van der Waals surface area contributed by atoms with E-state index in [9.17, 15) is 4.79 Å². The summed E-state index contributed by atoms with van der Waals surface area (Å²) in [5, 5.41) is 0. The van der Waals surface area contributed by atoms with Crippen LogP contribution in [0, 0.1) is 5.41 Å². The van der Waals surface area contributed by atoms with E-state index < -0.39 is 0 Å². The zero-order chi connectivity index (χ0) is 9.90. The van der Waals surface area contributed by atoms with Crippen molar-refractivity contribution in [3.05, 3.63) is 23.8 Å². The van der Waals surface area contributed by atoms with Crippen molar-refractivity contribution in [1.29, 1.82) is 0 Å². The first-order chi connectivity index (χ1) is 6.03. The van der Waals surface area contributed by atoms with Crippen molar-refractivity contribution < 1.29 is 4.79 Å². The highest BCUT2D eigenvalue weighted by molar-refractivity contribution is 5.90. The third kappa shape index (κ3) is 3.17. The van der Waals surface area contributed by atoms with Gasteiger partial charge in [-0.1, -0.05) is 32.9 Å². The Morgan fingerprint density at radius 1 is 1.62 bits per heavy atom. The van der Waals surface area contributed by atoms with Crippen molar-refractivity contribution in [3.8, 4) is 0 Å². The van der Waals surface area contributed by atoms with Crippen LogP contribution >= 0.6 is 0 Å². The first kappa shape index (κ1) is 10.2. The van der Waals surface area contributed by atoms with E-state index in [1.54, 1.807) is 6.08 Å². The van der Waals surface area contributed by atoms with Crippen LogP contribution in [0.4, 0.5) is 0 Å². The van der Waals surface area contributed by atoms with Gasteiger partial charge >= 0.3 is 0 Å². The third-order valence-electron chi connectivity index (χ3n) is 2.38. The lowest BCUT2D eigenvalue weighted by Gasteiger charge is -2.27. The molecule has 0 spiro atoms. The Morgan fingerprint density at radius 3 is 2.85 bits per heavy atom. The molecule has 1 rings (SSSR count). The third-order valence-corrected chi connectivity index (χ3v) is 2.38. The number of hydrogen-bond donors (Lipinski definition) is 0. The SMILES string of the molecule is CCC(=O)/C=C1\C=CCC(C)(C)C1. The topological polar surface area (TPSA) is 17.1 Å². The molecule has 1 heteroatoms. The van der Waals surface area contributed by atoms with Crippen molar-refractivity contribution in [2.24, 2.45) is 5.41 Å². The molecule has 0 heterocycles. The molecule has 0 bridgehead atoms. The van der Waals surface area contributed by atoms with Gasteiger partial charge < -0.3 is 0 Å². The van der Waals surface area contributed by atoms with Crippen LogP contribution in [-0.4, -0.2) is 5.78 Å². The first-order valence-corrected chi connectivity index (χ1v) is 4.93. The molecule has 0 aromatic rings. The van der Waals surface area contributed by atoms with Crippen molar-refractivity contribution in [1.82, 2.24) is 0 Å². The summed E-state index contributed by atoms with van der Waals surface area (Å²) in [5.41, 5.74) is 1.51. The summed E-state index contributed by atoms with van der Waals surface area (Å²) in [7, 11) is 0. The van der Waals surface area contributed by atoms with E-state index >= 15 is 0 Å². The quantitative estimate of drug-likeness (QED) is 0.593. The normalized spacial score (nSPS) is 23.5. The van der Waals surface area contributed by atoms with Crippen molar-refractivity contribution in [2.45, 2.75) is 40.0 Å². The molecule has 0 atom stereocenters. The zero-order valence-corrected chi connectivity index (χ0v) is 8.76. The molecule has 0 amide bonds. The lowest BCUT2D eigenvalue weighted by molar-refractivity contribution is -0.114. The van der Waals surface area contributed by atoms with E-state index in [1.807, 2.05) is 6.92 Å². The number of allylic oxidation sites excluding steroid dienone is 4. The first-order valence-electron chi connectivity index (χ1n) is 4.93. The van der Waals surface area contributed by atoms with Gasteiger partial charge in [-0.15, -0.1) is 0 Å². The van der Waals surface area contributed by atoms with Gasteiger partial charge in [-0.3, -0.25) is 4.79 Å². The van der Waals surface area contributed by atoms with E-state index in [1.165, 1.54) is 5.57 Å². The fourth-order valence-electron chi connectivity index (χ4n) is 1.62. The minimum Gasteiger partial charge on any atom is -0.295 e. The lowest BCUT2D eigenvalue weighted by Crippen LogP contribution is -2.14. The van der Waals surface area contributed by atoms with E-state index in [2.05, 4.69) is 26.0 Å². The highest BCUT2D eigenvalue weighted by Crippen LogP contribution is 2.33. The molecule has 0 unspecified atom stereocenters. The second kappa shape index (κ2) is 3.91. The minimum atomic E-state index is 0.234. The molecule has 0 aromatic carbocycles. The molecule has 0 aliphatic heterocycles. The number of carbonyl (C=O) groups is 1. The Labute approximate surface area is 80.5 Å². The molecule has 13 heavy (non-hydrogen) atoms. The van der Waals surface area contributed by atoms with Crippen molar-refractivity contribution in [3.63, 3.8) is 0 Å². The van der Waals surface area contributed by atoms with Gasteiger partial charge in [-0.05, 0) is 29.9 Å². The molecule has 1 nitrogen and oxygen atoms in total. The van der Waals surface area contributed by atoms with Crippen LogP contribution in [0.3, 0.4) is 0 Å². The monoisotopic (exact) mass is 178 g/mol. The average Bonchev–Trinajstić information content (AvgIpc) is 2.02. The summed E-state index contributed by atoms with van der Waals surface area (Å²) in [6.45, 7) is 6.37. The van der Waals surface area contributed by atoms with Gasteiger partial charge in [0.15, 0.2) is 5.78 Å². The van der Waals surface area contributed by atoms with E-state index in [4.69, 9.17) is 0 Å². The Morgan fingerprint density at radius 2 is 2.31 bits per heavy atom. The predicted molar refractivity (Wildman–Crippen MR) is 55.5 cm³/mol. The zero-order valence-electron chi connectivity index (χ0n) is 8.76. The molecular formula is C12H18O. The van der Waals surface area contributed by atoms with Gasteiger partial charge in [-0.25, -0.2) is 0 Å². The van der Waals surface area contributed by atoms with E-state index in [0.717, 1.165) is 12.8 Å². The molecule has 0 radical (unpaired) electrons. The predicted octanol–water partition coefficient (Wildman–Crippen LogP) is 3.27. The van der Waals surface area contributed by atoms with Gasteiger partial charge in [-0.2, -0.15) is 0 Å². The molecule has 72 valence electrons.